The van der Waals surface area contributed by atoms with Gasteiger partial charge in [-0.1, -0.05) is 35.9 Å². The third-order valence-corrected chi connectivity index (χ3v) is 5.05. The van der Waals surface area contributed by atoms with Crippen molar-refractivity contribution >= 4 is 22.6 Å². The Kier molecular flexibility index (Phi) is 4.83. The number of hydrogen-bond donors (Lipinski definition) is 1. The highest BCUT2D eigenvalue weighted by Crippen LogP contribution is 2.14. The average Bonchev–Trinajstić information content (AvgIpc) is 3.10. The SMILES string of the molecule is Cc1ccc(-n2c(=O)c3c(cnn3C)n(CC(=O)Nc3ccccc3C)c2=O)cc1. The number of aryl methyl sites for hydroxylation is 3. The van der Waals surface area contributed by atoms with Gasteiger partial charge in [0.25, 0.3) is 5.56 Å². The first kappa shape index (κ1) is 19.4. The first-order chi connectivity index (χ1) is 14.4. The molecule has 2 aromatic carbocycles. The van der Waals surface area contributed by atoms with Crippen molar-refractivity contribution in [1.29, 1.82) is 0 Å². The van der Waals surface area contributed by atoms with Crippen LogP contribution in [0.15, 0.2) is 64.3 Å². The maximum absolute atomic E-state index is 13.3. The normalized spacial score (nSPS) is 11.0. The fraction of sp³-hybridized carbons (Fsp3) is 0.182. The van der Waals surface area contributed by atoms with Crippen LogP contribution in [0.2, 0.25) is 0 Å². The average molecular weight is 403 g/mol. The third kappa shape index (κ3) is 3.32. The van der Waals surface area contributed by atoms with E-state index in [1.54, 1.807) is 25.2 Å². The van der Waals surface area contributed by atoms with Gasteiger partial charge in [0.1, 0.15) is 6.54 Å². The van der Waals surface area contributed by atoms with E-state index in [4.69, 9.17) is 0 Å². The van der Waals surface area contributed by atoms with Crippen molar-refractivity contribution in [1.82, 2.24) is 18.9 Å². The van der Waals surface area contributed by atoms with Crippen LogP contribution in [-0.2, 0) is 18.4 Å². The summed E-state index contributed by atoms with van der Waals surface area (Å²) in [5, 5.41) is 6.95. The van der Waals surface area contributed by atoms with Crippen molar-refractivity contribution in [2.45, 2.75) is 20.4 Å². The van der Waals surface area contributed by atoms with Gasteiger partial charge >= 0.3 is 5.69 Å². The molecular formula is C22H21N5O3. The summed E-state index contributed by atoms with van der Waals surface area (Å²) in [5.41, 5.74) is 2.52. The molecular weight excluding hydrogens is 382 g/mol. The Morgan fingerprint density at radius 1 is 1.03 bits per heavy atom. The van der Waals surface area contributed by atoms with Gasteiger partial charge in [-0.2, -0.15) is 5.10 Å². The molecule has 1 amide bonds. The summed E-state index contributed by atoms with van der Waals surface area (Å²) in [6.45, 7) is 3.56. The minimum Gasteiger partial charge on any atom is -0.324 e. The fourth-order valence-corrected chi connectivity index (χ4v) is 3.41. The van der Waals surface area contributed by atoms with Gasteiger partial charge in [0.2, 0.25) is 5.91 Å². The van der Waals surface area contributed by atoms with Gasteiger partial charge < -0.3 is 5.32 Å². The van der Waals surface area contributed by atoms with Crippen LogP contribution >= 0.6 is 0 Å². The van der Waals surface area contributed by atoms with E-state index in [2.05, 4.69) is 10.4 Å². The molecule has 0 bridgehead atoms. The Morgan fingerprint density at radius 2 is 1.73 bits per heavy atom. The Hall–Kier alpha value is -3.94. The van der Waals surface area contributed by atoms with Gasteiger partial charge in [-0.05, 0) is 37.6 Å². The van der Waals surface area contributed by atoms with Crippen LogP contribution in [0.5, 0.6) is 0 Å². The third-order valence-electron chi connectivity index (χ3n) is 5.05. The number of fused-ring (bicyclic) bond motifs is 1. The summed E-state index contributed by atoms with van der Waals surface area (Å²) in [5.74, 6) is -0.370. The minimum absolute atomic E-state index is 0.249. The Bertz CT molecular complexity index is 1380. The van der Waals surface area contributed by atoms with E-state index in [1.165, 1.54) is 15.4 Å². The minimum atomic E-state index is -0.593. The fourth-order valence-electron chi connectivity index (χ4n) is 3.41. The molecule has 8 nitrogen and oxygen atoms in total. The molecule has 0 aliphatic carbocycles. The molecule has 2 heterocycles. The first-order valence-corrected chi connectivity index (χ1v) is 9.47. The van der Waals surface area contributed by atoms with Crippen molar-refractivity contribution in [3.05, 3.63) is 86.7 Å². The van der Waals surface area contributed by atoms with Crippen molar-refractivity contribution in [2.75, 3.05) is 5.32 Å². The zero-order valence-electron chi connectivity index (χ0n) is 16.9. The molecule has 0 atom stereocenters. The number of benzene rings is 2. The molecule has 4 aromatic rings. The molecule has 0 radical (unpaired) electrons. The summed E-state index contributed by atoms with van der Waals surface area (Å²) in [6, 6.07) is 14.4. The number of carbonyl (C=O) groups excluding carboxylic acids is 1. The number of aromatic nitrogens is 4. The number of nitrogens with one attached hydrogen (secondary N) is 1. The van der Waals surface area contributed by atoms with Gasteiger partial charge in [-0.3, -0.25) is 18.8 Å². The Balaban J connectivity index is 1.84. The van der Waals surface area contributed by atoms with Gasteiger partial charge in [0.05, 0.1) is 17.4 Å². The smallest absolute Gasteiger partial charge is 0.324 e. The van der Waals surface area contributed by atoms with Gasteiger partial charge in [-0.25, -0.2) is 9.36 Å². The van der Waals surface area contributed by atoms with E-state index in [-0.39, 0.29) is 18.0 Å². The highest BCUT2D eigenvalue weighted by Gasteiger charge is 2.19. The van der Waals surface area contributed by atoms with Crippen LogP contribution in [0.4, 0.5) is 5.69 Å². The second kappa shape index (κ2) is 7.47. The molecule has 1 N–H and O–H groups in total. The van der Waals surface area contributed by atoms with Gasteiger partial charge in [0.15, 0.2) is 5.52 Å². The van der Waals surface area contributed by atoms with Crippen molar-refractivity contribution in [3.8, 4) is 5.69 Å². The van der Waals surface area contributed by atoms with Crippen LogP contribution in [0.3, 0.4) is 0 Å². The molecule has 4 rings (SSSR count). The number of rotatable bonds is 4. The van der Waals surface area contributed by atoms with Crippen LogP contribution in [0.25, 0.3) is 16.7 Å². The predicted octanol–water partition coefficient (Wildman–Crippen LogP) is 2.14. The largest absolute Gasteiger partial charge is 0.336 e. The molecule has 0 saturated heterocycles. The van der Waals surface area contributed by atoms with E-state index in [9.17, 15) is 14.4 Å². The number of anilines is 1. The molecule has 2 aromatic heterocycles. The number of carbonyl (C=O) groups is 1. The maximum atomic E-state index is 13.3. The first-order valence-electron chi connectivity index (χ1n) is 9.47. The summed E-state index contributed by atoms with van der Waals surface area (Å²) in [6.07, 6.45) is 1.43. The second-order valence-electron chi connectivity index (χ2n) is 7.21. The zero-order chi connectivity index (χ0) is 21.4. The summed E-state index contributed by atoms with van der Waals surface area (Å²) < 4.78 is 3.76. The topological polar surface area (TPSA) is 90.9 Å². The van der Waals surface area contributed by atoms with Gasteiger partial charge in [0, 0.05) is 12.7 Å². The van der Waals surface area contributed by atoms with Crippen LogP contribution in [0.1, 0.15) is 11.1 Å². The van der Waals surface area contributed by atoms with Crippen molar-refractivity contribution < 1.29 is 4.79 Å². The van der Waals surface area contributed by atoms with E-state index in [1.807, 2.05) is 44.2 Å². The van der Waals surface area contributed by atoms with Crippen molar-refractivity contribution in [2.24, 2.45) is 7.05 Å². The second-order valence-corrected chi connectivity index (χ2v) is 7.21. The Labute approximate surface area is 172 Å². The van der Waals surface area contributed by atoms with E-state index < -0.39 is 11.2 Å². The number of hydrogen-bond acceptors (Lipinski definition) is 4. The lowest BCUT2D eigenvalue weighted by Gasteiger charge is -2.13. The molecule has 0 unspecified atom stereocenters. The van der Waals surface area contributed by atoms with Gasteiger partial charge in [-0.15, -0.1) is 0 Å². The quantitative estimate of drug-likeness (QED) is 0.565. The molecule has 0 spiro atoms. The standard InChI is InChI=1S/C22H21N5O3/c1-14-8-10-16(11-9-14)27-21(29)20-18(12-23-25(20)3)26(22(27)30)13-19(28)24-17-7-5-4-6-15(17)2/h4-12H,13H2,1-3H3,(H,24,28). The van der Waals surface area contributed by atoms with Crippen molar-refractivity contribution in [3.63, 3.8) is 0 Å². The molecule has 0 aliphatic heterocycles. The number of para-hydroxylation sites is 1. The predicted molar refractivity (Wildman–Crippen MR) is 115 cm³/mol. The highest BCUT2D eigenvalue weighted by molar-refractivity contribution is 5.92. The van der Waals surface area contributed by atoms with E-state index >= 15 is 0 Å². The molecule has 0 aliphatic rings. The van der Waals surface area contributed by atoms with Crippen LogP contribution in [0, 0.1) is 13.8 Å². The summed E-state index contributed by atoms with van der Waals surface area (Å²) in [4.78, 5) is 39.1. The number of nitrogens with zero attached hydrogens (tertiary/aromatic N) is 4. The molecule has 30 heavy (non-hydrogen) atoms. The molecule has 152 valence electrons. The monoisotopic (exact) mass is 403 g/mol. The summed E-state index contributed by atoms with van der Waals surface area (Å²) >= 11 is 0. The lowest BCUT2D eigenvalue weighted by Crippen LogP contribution is -2.41. The zero-order valence-corrected chi connectivity index (χ0v) is 16.9. The van der Waals surface area contributed by atoms with Crippen LogP contribution in [-0.4, -0.2) is 24.8 Å². The lowest BCUT2D eigenvalue weighted by molar-refractivity contribution is -0.116. The van der Waals surface area contributed by atoms with Crippen LogP contribution < -0.4 is 16.6 Å². The lowest BCUT2D eigenvalue weighted by atomic mass is 10.2. The van der Waals surface area contributed by atoms with E-state index in [0.29, 0.717) is 16.9 Å². The van der Waals surface area contributed by atoms with E-state index in [0.717, 1.165) is 15.7 Å². The molecule has 8 heteroatoms. The highest BCUT2D eigenvalue weighted by atomic mass is 16.2. The molecule has 0 fully saturated rings. The molecule has 0 saturated carbocycles. The number of amides is 1. The Morgan fingerprint density at radius 3 is 2.43 bits per heavy atom. The maximum Gasteiger partial charge on any atom is 0.336 e. The summed E-state index contributed by atoms with van der Waals surface area (Å²) in [7, 11) is 1.63.